The molecule has 0 aliphatic rings. The number of halogens is 2. The first-order chi connectivity index (χ1) is 18.4. The number of alkyl carbamates (subject to hydrolysis) is 1. The zero-order valence-corrected chi connectivity index (χ0v) is 20.8. The van der Waals surface area contributed by atoms with E-state index in [1.807, 2.05) is 12.1 Å². The molecule has 0 spiro atoms. The van der Waals surface area contributed by atoms with Gasteiger partial charge in [-0.25, -0.2) is 18.4 Å². The van der Waals surface area contributed by atoms with Crippen LogP contribution in [-0.2, 0) is 27.5 Å². The van der Waals surface area contributed by atoms with Crippen molar-refractivity contribution < 1.29 is 32.6 Å². The average Bonchev–Trinajstić information content (AvgIpc) is 3.38. The Morgan fingerprint density at radius 3 is 2.16 bits per heavy atom. The first kappa shape index (κ1) is 26.7. The summed E-state index contributed by atoms with van der Waals surface area (Å²) in [5.41, 5.74) is 1.53. The first-order valence-electron chi connectivity index (χ1n) is 11.5. The van der Waals surface area contributed by atoms with Crippen molar-refractivity contribution in [2.75, 3.05) is 6.54 Å². The van der Waals surface area contributed by atoms with Gasteiger partial charge in [-0.3, -0.25) is 9.78 Å². The number of thiophene rings is 1. The van der Waals surface area contributed by atoms with E-state index in [9.17, 15) is 23.2 Å². The molecule has 2 aromatic heterocycles. The Labute approximate surface area is 220 Å². The highest BCUT2D eigenvalue weighted by atomic mass is 32.1. The normalized spacial score (nSPS) is 11.7. The van der Waals surface area contributed by atoms with E-state index < -0.39 is 30.4 Å². The molecule has 2 amide bonds. The molecule has 2 N–H and O–H groups in total. The van der Waals surface area contributed by atoms with Gasteiger partial charge in [-0.05, 0) is 23.3 Å². The Balaban J connectivity index is 1.42. The average molecular weight is 540 g/mol. The van der Waals surface area contributed by atoms with Crippen molar-refractivity contribution >= 4 is 39.5 Å². The van der Waals surface area contributed by atoms with Crippen LogP contribution < -0.4 is 10.6 Å². The number of aromatic nitrogens is 1. The van der Waals surface area contributed by atoms with E-state index in [1.54, 1.807) is 48.5 Å². The van der Waals surface area contributed by atoms with Gasteiger partial charge in [0.1, 0.15) is 19.3 Å². The number of hydrogen-bond acceptors (Lipinski definition) is 7. The SMILES string of the molecule is O=C(N[C@H](CNC(=O)c1cc2nccc(C(F)F)c2s1)C(=O)OCc1ccccc1)OCc1ccccc1. The van der Waals surface area contributed by atoms with Gasteiger partial charge in [-0.2, -0.15) is 0 Å². The number of pyridine rings is 1. The van der Waals surface area contributed by atoms with Crippen molar-refractivity contribution in [3.05, 3.63) is 101 Å². The van der Waals surface area contributed by atoms with Crippen molar-refractivity contribution in [1.82, 2.24) is 15.6 Å². The van der Waals surface area contributed by atoms with Crippen molar-refractivity contribution in [2.45, 2.75) is 25.7 Å². The van der Waals surface area contributed by atoms with Gasteiger partial charge in [0.25, 0.3) is 12.3 Å². The molecule has 0 aliphatic carbocycles. The molecule has 2 heterocycles. The predicted molar refractivity (Wildman–Crippen MR) is 137 cm³/mol. The molecule has 11 heteroatoms. The Hall–Kier alpha value is -4.38. The molecule has 0 radical (unpaired) electrons. The number of benzene rings is 2. The molecule has 8 nitrogen and oxygen atoms in total. The van der Waals surface area contributed by atoms with Crippen molar-refractivity contribution in [1.29, 1.82) is 0 Å². The lowest BCUT2D eigenvalue weighted by molar-refractivity contribution is -0.147. The van der Waals surface area contributed by atoms with Gasteiger partial charge in [0.15, 0.2) is 0 Å². The number of carbonyl (C=O) groups is 3. The summed E-state index contributed by atoms with van der Waals surface area (Å²) in [5, 5.41) is 4.97. The number of ether oxygens (including phenoxy) is 2. The number of hydrogen-bond donors (Lipinski definition) is 2. The monoisotopic (exact) mass is 539 g/mol. The number of nitrogens with one attached hydrogen (secondary N) is 2. The summed E-state index contributed by atoms with van der Waals surface area (Å²) in [7, 11) is 0. The lowest BCUT2D eigenvalue weighted by atomic mass is 10.2. The van der Waals surface area contributed by atoms with E-state index in [1.165, 1.54) is 18.3 Å². The summed E-state index contributed by atoms with van der Waals surface area (Å²) in [6.07, 6.45) is -2.34. The summed E-state index contributed by atoms with van der Waals surface area (Å²) in [5.74, 6) is -1.41. The first-order valence-corrected chi connectivity index (χ1v) is 12.3. The van der Waals surface area contributed by atoms with E-state index in [-0.39, 0.29) is 40.4 Å². The molecule has 0 saturated carbocycles. The van der Waals surface area contributed by atoms with Crippen LogP contribution in [0.4, 0.5) is 13.6 Å². The van der Waals surface area contributed by atoms with E-state index in [0.717, 1.165) is 22.5 Å². The van der Waals surface area contributed by atoms with E-state index in [0.29, 0.717) is 0 Å². The van der Waals surface area contributed by atoms with E-state index in [2.05, 4.69) is 15.6 Å². The third-order valence-electron chi connectivity index (χ3n) is 5.38. The highest BCUT2D eigenvalue weighted by Crippen LogP contribution is 2.32. The fourth-order valence-corrected chi connectivity index (χ4v) is 4.50. The Bertz CT molecular complexity index is 1400. The summed E-state index contributed by atoms with van der Waals surface area (Å²) in [6.45, 7) is -0.383. The van der Waals surface area contributed by atoms with Crippen LogP contribution in [0.25, 0.3) is 10.2 Å². The van der Waals surface area contributed by atoms with Crippen molar-refractivity contribution in [3.8, 4) is 0 Å². The lowest BCUT2D eigenvalue weighted by Crippen LogP contribution is -2.49. The zero-order chi connectivity index (χ0) is 26.9. The number of rotatable bonds is 10. The predicted octanol–water partition coefficient (Wildman–Crippen LogP) is 5.00. The number of fused-ring (bicyclic) bond motifs is 1. The molecule has 196 valence electrons. The molecule has 2 aromatic carbocycles. The molecule has 0 unspecified atom stereocenters. The van der Waals surface area contributed by atoms with Gasteiger partial charge in [-0.1, -0.05) is 60.7 Å². The lowest BCUT2D eigenvalue weighted by Gasteiger charge is -2.18. The second-order valence-corrected chi connectivity index (χ2v) is 9.14. The maximum Gasteiger partial charge on any atom is 0.408 e. The van der Waals surface area contributed by atoms with Gasteiger partial charge in [0, 0.05) is 18.3 Å². The number of esters is 1. The molecule has 0 bridgehead atoms. The fourth-order valence-electron chi connectivity index (χ4n) is 3.45. The molecule has 0 aliphatic heterocycles. The van der Waals surface area contributed by atoms with Crippen LogP contribution in [0.15, 0.2) is 79.0 Å². The van der Waals surface area contributed by atoms with Gasteiger partial charge < -0.3 is 20.1 Å². The third kappa shape index (κ3) is 7.10. The minimum atomic E-state index is -2.72. The Morgan fingerprint density at radius 1 is 0.895 bits per heavy atom. The van der Waals surface area contributed by atoms with Crippen LogP contribution in [0.3, 0.4) is 0 Å². The summed E-state index contributed by atoms with van der Waals surface area (Å²) < 4.78 is 37.4. The topological polar surface area (TPSA) is 107 Å². The van der Waals surface area contributed by atoms with Gasteiger partial charge in [-0.15, -0.1) is 11.3 Å². The molecule has 1 atom stereocenters. The molecular weight excluding hydrogens is 516 g/mol. The highest BCUT2D eigenvalue weighted by Gasteiger charge is 2.25. The molecule has 38 heavy (non-hydrogen) atoms. The minimum absolute atomic E-state index is 0.0218. The van der Waals surface area contributed by atoms with Gasteiger partial charge in [0.05, 0.1) is 15.1 Å². The smallest absolute Gasteiger partial charge is 0.408 e. The largest absolute Gasteiger partial charge is 0.459 e. The second-order valence-electron chi connectivity index (χ2n) is 8.09. The molecule has 4 aromatic rings. The number of nitrogens with zero attached hydrogens (tertiary/aromatic N) is 1. The quantitative estimate of drug-likeness (QED) is 0.275. The van der Waals surface area contributed by atoms with Crippen LogP contribution in [0.1, 0.15) is 32.8 Å². The number of carbonyl (C=O) groups excluding carboxylic acids is 3. The highest BCUT2D eigenvalue weighted by molar-refractivity contribution is 7.21. The fraction of sp³-hybridized carbons (Fsp3) is 0.185. The summed E-state index contributed by atoms with van der Waals surface area (Å²) >= 11 is 0.865. The maximum absolute atomic E-state index is 13.3. The molecular formula is C27H23F2N3O5S. The molecule has 0 fully saturated rings. The minimum Gasteiger partial charge on any atom is -0.459 e. The number of alkyl halides is 2. The summed E-state index contributed by atoms with van der Waals surface area (Å²) in [6, 6.07) is 19.2. The maximum atomic E-state index is 13.3. The van der Waals surface area contributed by atoms with E-state index >= 15 is 0 Å². The zero-order valence-electron chi connectivity index (χ0n) is 19.9. The van der Waals surface area contributed by atoms with Gasteiger partial charge >= 0.3 is 12.1 Å². The Kier molecular flexibility index (Phi) is 8.94. The summed E-state index contributed by atoms with van der Waals surface area (Å²) in [4.78, 5) is 42.2. The van der Waals surface area contributed by atoms with Crippen LogP contribution in [0, 0.1) is 0 Å². The molecule has 4 rings (SSSR count). The van der Waals surface area contributed by atoms with Crippen LogP contribution >= 0.6 is 11.3 Å². The van der Waals surface area contributed by atoms with Crippen molar-refractivity contribution in [2.24, 2.45) is 0 Å². The Morgan fingerprint density at radius 2 is 1.53 bits per heavy atom. The molecule has 0 saturated heterocycles. The van der Waals surface area contributed by atoms with Crippen LogP contribution in [0.2, 0.25) is 0 Å². The second kappa shape index (κ2) is 12.7. The number of amides is 2. The van der Waals surface area contributed by atoms with Crippen LogP contribution in [0.5, 0.6) is 0 Å². The third-order valence-corrected chi connectivity index (χ3v) is 6.55. The van der Waals surface area contributed by atoms with Gasteiger partial charge in [0.2, 0.25) is 0 Å². The van der Waals surface area contributed by atoms with Crippen molar-refractivity contribution in [3.63, 3.8) is 0 Å². The standard InChI is InChI=1S/C27H23F2N3O5S/c28-24(29)19-11-12-30-20-13-22(38-23(19)20)25(33)31-14-21(26(34)36-15-17-7-3-1-4-8-17)32-27(35)37-16-18-9-5-2-6-10-18/h1-13,21,24H,14-16H2,(H,31,33)(H,32,35)/t21-/m1/s1. The van der Waals surface area contributed by atoms with Crippen LogP contribution in [-0.4, -0.2) is 35.5 Å². The van der Waals surface area contributed by atoms with E-state index in [4.69, 9.17) is 9.47 Å².